The van der Waals surface area contributed by atoms with Gasteiger partial charge in [-0.05, 0) is 38.5 Å². The van der Waals surface area contributed by atoms with Crippen molar-refractivity contribution in [3.8, 4) is 0 Å². The molecule has 88 valence electrons. The van der Waals surface area contributed by atoms with E-state index in [0.717, 1.165) is 18.5 Å². The third kappa shape index (κ3) is 3.46. The molecule has 1 saturated heterocycles. The highest BCUT2D eigenvalue weighted by Crippen LogP contribution is 2.24. The maximum atomic E-state index is 5.82. The topological polar surface area (TPSA) is 21.3 Å². The summed E-state index contributed by atoms with van der Waals surface area (Å²) in [7, 11) is 0. The van der Waals surface area contributed by atoms with Crippen LogP contribution in [0.15, 0.2) is 0 Å². The Balaban J connectivity index is 1.64. The lowest BCUT2D eigenvalue weighted by Gasteiger charge is -2.28. The van der Waals surface area contributed by atoms with E-state index >= 15 is 0 Å². The Morgan fingerprint density at radius 1 is 1.13 bits per heavy atom. The maximum Gasteiger partial charge on any atom is 0.0704 e. The van der Waals surface area contributed by atoms with E-state index in [1.807, 2.05) is 0 Å². The van der Waals surface area contributed by atoms with Crippen LogP contribution in [-0.2, 0) is 4.74 Å². The van der Waals surface area contributed by atoms with Crippen molar-refractivity contribution in [2.45, 2.75) is 70.6 Å². The predicted molar refractivity (Wildman–Crippen MR) is 63.0 cm³/mol. The van der Waals surface area contributed by atoms with Gasteiger partial charge in [-0.3, -0.25) is 0 Å². The third-order valence-electron chi connectivity index (χ3n) is 3.89. The van der Waals surface area contributed by atoms with Crippen molar-refractivity contribution < 1.29 is 4.74 Å². The van der Waals surface area contributed by atoms with Crippen LogP contribution in [0, 0.1) is 5.92 Å². The van der Waals surface area contributed by atoms with Crippen molar-refractivity contribution in [2.24, 2.45) is 5.92 Å². The second-order valence-corrected chi connectivity index (χ2v) is 5.52. The Hall–Kier alpha value is -0.0800. The zero-order valence-corrected chi connectivity index (χ0v) is 10.2. The molecule has 0 radical (unpaired) electrons. The van der Waals surface area contributed by atoms with Gasteiger partial charge in [0.2, 0.25) is 0 Å². The molecule has 0 aromatic heterocycles. The van der Waals surface area contributed by atoms with E-state index in [0.29, 0.717) is 12.2 Å². The fourth-order valence-corrected chi connectivity index (χ4v) is 2.95. The van der Waals surface area contributed by atoms with Crippen LogP contribution in [0.5, 0.6) is 0 Å². The summed E-state index contributed by atoms with van der Waals surface area (Å²) in [5.74, 6) is 0.916. The summed E-state index contributed by atoms with van der Waals surface area (Å²) < 4.78 is 5.82. The zero-order valence-electron chi connectivity index (χ0n) is 10.2. The molecule has 4 atom stereocenters. The Morgan fingerprint density at radius 2 is 2.00 bits per heavy atom. The quantitative estimate of drug-likeness (QED) is 0.775. The van der Waals surface area contributed by atoms with Crippen molar-refractivity contribution in [1.29, 1.82) is 0 Å². The van der Waals surface area contributed by atoms with Crippen molar-refractivity contribution in [2.75, 3.05) is 6.54 Å². The first kappa shape index (κ1) is 11.4. The first-order valence-corrected chi connectivity index (χ1v) is 6.63. The lowest BCUT2D eigenvalue weighted by atomic mass is 9.87. The summed E-state index contributed by atoms with van der Waals surface area (Å²) in [5, 5.41) is 3.69. The number of hydrogen-bond acceptors (Lipinski definition) is 2. The van der Waals surface area contributed by atoms with Gasteiger partial charge in [-0.15, -0.1) is 0 Å². The van der Waals surface area contributed by atoms with Gasteiger partial charge in [0.15, 0.2) is 0 Å². The highest BCUT2D eigenvalue weighted by atomic mass is 16.5. The molecule has 0 aromatic rings. The molecule has 0 bridgehead atoms. The average Bonchev–Trinajstić information content (AvgIpc) is 2.62. The third-order valence-corrected chi connectivity index (χ3v) is 3.89. The Labute approximate surface area is 93.8 Å². The van der Waals surface area contributed by atoms with Crippen molar-refractivity contribution in [3.05, 3.63) is 0 Å². The number of rotatable bonds is 3. The van der Waals surface area contributed by atoms with Gasteiger partial charge in [0.05, 0.1) is 12.2 Å². The molecule has 1 N–H and O–H groups in total. The van der Waals surface area contributed by atoms with Gasteiger partial charge in [-0.1, -0.05) is 19.8 Å². The average molecular weight is 211 g/mol. The van der Waals surface area contributed by atoms with E-state index in [1.165, 1.54) is 38.5 Å². The smallest absolute Gasteiger partial charge is 0.0704 e. The van der Waals surface area contributed by atoms with Gasteiger partial charge in [-0.25, -0.2) is 0 Å². The molecule has 2 rings (SSSR count). The van der Waals surface area contributed by atoms with Gasteiger partial charge >= 0.3 is 0 Å². The molecule has 2 nitrogen and oxygen atoms in total. The minimum atomic E-state index is 0.484. The summed E-state index contributed by atoms with van der Waals surface area (Å²) >= 11 is 0. The van der Waals surface area contributed by atoms with Crippen LogP contribution in [0.1, 0.15) is 52.4 Å². The molecule has 2 aliphatic rings. The molecule has 1 aliphatic carbocycles. The summed E-state index contributed by atoms with van der Waals surface area (Å²) in [6.45, 7) is 5.63. The number of hydrogen-bond donors (Lipinski definition) is 1. The molecule has 15 heavy (non-hydrogen) atoms. The molecule has 0 aromatic carbocycles. The summed E-state index contributed by atoms with van der Waals surface area (Å²) in [6, 6.07) is 0.758. The minimum Gasteiger partial charge on any atom is -0.374 e. The molecular formula is C13H25NO. The predicted octanol–water partition coefficient (Wildman–Crippen LogP) is 2.72. The molecule has 1 saturated carbocycles. The standard InChI is InChI=1S/C13H25NO/c1-10-4-3-5-12(8-10)14-9-13-7-6-11(2)15-13/h10-14H,3-9H2,1-2H3. The fraction of sp³-hybridized carbons (Fsp3) is 1.00. The van der Waals surface area contributed by atoms with Crippen molar-refractivity contribution in [3.63, 3.8) is 0 Å². The second-order valence-electron chi connectivity index (χ2n) is 5.52. The molecule has 0 amide bonds. The van der Waals surface area contributed by atoms with Crippen LogP contribution in [-0.4, -0.2) is 24.8 Å². The summed E-state index contributed by atoms with van der Waals surface area (Å²) in [6.07, 6.45) is 9.02. The minimum absolute atomic E-state index is 0.484. The number of ether oxygens (including phenoxy) is 1. The summed E-state index contributed by atoms with van der Waals surface area (Å²) in [4.78, 5) is 0. The first-order valence-electron chi connectivity index (χ1n) is 6.63. The van der Waals surface area contributed by atoms with Gasteiger partial charge < -0.3 is 10.1 Å². The molecule has 0 spiro atoms. The van der Waals surface area contributed by atoms with Crippen LogP contribution in [0.4, 0.5) is 0 Å². The highest BCUT2D eigenvalue weighted by molar-refractivity contribution is 4.79. The van der Waals surface area contributed by atoms with E-state index < -0.39 is 0 Å². The number of nitrogens with one attached hydrogen (secondary N) is 1. The van der Waals surface area contributed by atoms with Crippen molar-refractivity contribution in [1.82, 2.24) is 5.32 Å². The van der Waals surface area contributed by atoms with E-state index in [-0.39, 0.29) is 0 Å². The molecule has 4 unspecified atom stereocenters. The first-order chi connectivity index (χ1) is 7.24. The van der Waals surface area contributed by atoms with Crippen LogP contribution in [0.2, 0.25) is 0 Å². The van der Waals surface area contributed by atoms with E-state index in [1.54, 1.807) is 0 Å². The lowest BCUT2D eigenvalue weighted by Crippen LogP contribution is -2.38. The monoisotopic (exact) mass is 211 g/mol. The van der Waals surface area contributed by atoms with Gasteiger partial charge in [0, 0.05) is 12.6 Å². The van der Waals surface area contributed by atoms with Gasteiger partial charge in [0.1, 0.15) is 0 Å². The molecule has 1 aliphatic heterocycles. The van der Waals surface area contributed by atoms with Gasteiger partial charge in [-0.2, -0.15) is 0 Å². The molecule has 2 heteroatoms. The van der Waals surface area contributed by atoms with Gasteiger partial charge in [0.25, 0.3) is 0 Å². The van der Waals surface area contributed by atoms with Crippen molar-refractivity contribution >= 4 is 0 Å². The van der Waals surface area contributed by atoms with Crippen LogP contribution in [0.3, 0.4) is 0 Å². The molecule has 1 heterocycles. The van der Waals surface area contributed by atoms with Crippen LogP contribution < -0.4 is 5.32 Å². The Kier molecular flexibility index (Phi) is 4.04. The summed E-state index contributed by atoms with van der Waals surface area (Å²) in [5.41, 5.74) is 0. The largest absolute Gasteiger partial charge is 0.374 e. The highest BCUT2D eigenvalue weighted by Gasteiger charge is 2.24. The van der Waals surface area contributed by atoms with E-state index in [4.69, 9.17) is 4.74 Å². The SMILES string of the molecule is CC1CCCC(NCC2CCC(C)O2)C1. The maximum absolute atomic E-state index is 5.82. The lowest BCUT2D eigenvalue weighted by molar-refractivity contribution is 0.0529. The molecule has 2 fully saturated rings. The zero-order chi connectivity index (χ0) is 10.7. The van der Waals surface area contributed by atoms with E-state index in [2.05, 4.69) is 19.2 Å². The van der Waals surface area contributed by atoms with E-state index in [9.17, 15) is 0 Å². The Morgan fingerprint density at radius 3 is 2.67 bits per heavy atom. The fourth-order valence-electron chi connectivity index (χ4n) is 2.95. The molecular weight excluding hydrogens is 186 g/mol. The normalized spacial score (nSPS) is 42.0. The van der Waals surface area contributed by atoms with Crippen LogP contribution >= 0.6 is 0 Å². The van der Waals surface area contributed by atoms with Crippen LogP contribution in [0.25, 0.3) is 0 Å². The second kappa shape index (κ2) is 5.31. The Bertz CT molecular complexity index is 195.